The lowest BCUT2D eigenvalue weighted by molar-refractivity contribution is -0.152. The molecule has 0 aliphatic heterocycles. The number of carbonyl (C=O) groups is 4. The Hall–Kier alpha value is -6.96. The molecule has 0 bridgehead atoms. The van der Waals surface area contributed by atoms with Gasteiger partial charge in [0.2, 0.25) is 0 Å². The average Bonchev–Trinajstić information content (AvgIpc) is 3.30. The van der Waals surface area contributed by atoms with Gasteiger partial charge in [-0.1, -0.05) is 91.1 Å². The second-order valence-electron chi connectivity index (χ2n) is 15.7. The van der Waals surface area contributed by atoms with Crippen molar-refractivity contribution in [3.63, 3.8) is 0 Å². The lowest BCUT2D eigenvalue weighted by atomic mass is 10.0. The highest BCUT2D eigenvalue weighted by Gasteiger charge is 2.30. The number of carboxylic acids is 2. The zero-order valence-electron chi connectivity index (χ0n) is 37.3. The van der Waals surface area contributed by atoms with Crippen molar-refractivity contribution in [1.29, 1.82) is 0 Å². The number of nitrogens with one attached hydrogen (secondary N) is 2. The number of methoxy groups -OCH3 is 1. The molecule has 11 nitrogen and oxygen atoms in total. The number of rotatable bonds is 19. The molecule has 67 heavy (non-hydrogen) atoms. The SMILES string of the molecule is CCCCOc1ccc(Cl)cc1C(=O)NCCc1ccc(-c2cc(F)cc(C(=O)O)c2)cc1.COc1ccc(Cl)cc1C(=O)NCCc1ccc(-c2ccc(OC(C)(C)C(=O)O)c(F)c2)cc1. The first-order valence-corrected chi connectivity index (χ1v) is 22.0. The van der Waals surface area contributed by atoms with E-state index >= 15 is 0 Å². The van der Waals surface area contributed by atoms with Gasteiger partial charge in [-0.15, -0.1) is 0 Å². The molecule has 6 aromatic rings. The average molecular weight is 956 g/mol. The van der Waals surface area contributed by atoms with E-state index in [4.69, 9.17) is 47.6 Å². The quantitative estimate of drug-likeness (QED) is 0.0579. The van der Waals surface area contributed by atoms with Gasteiger partial charge in [0.25, 0.3) is 11.8 Å². The summed E-state index contributed by atoms with van der Waals surface area (Å²) in [6.07, 6.45) is 3.07. The molecular formula is C52H50Cl2F2N2O9. The number of hydrogen-bond donors (Lipinski definition) is 4. The van der Waals surface area contributed by atoms with E-state index < -0.39 is 29.2 Å². The first-order chi connectivity index (χ1) is 32.0. The predicted molar refractivity (Wildman–Crippen MR) is 255 cm³/mol. The summed E-state index contributed by atoms with van der Waals surface area (Å²) in [7, 11) is 1.49. The minimum Gasteiger partial charge on any atom is -0.496 e. The van der Waals surface area contributed by atoms with Crippen LogP contribution in [0.4, 0.5) is 8.78 Å². The maximum atomic E-state index is 14.5. The Bertz CT molecular complexity index is 2690. The van der Waals surface area contributed by atoms with Gasteiger partial charge in [-0.25, -0.2) is 18.4 Å². The Morgan fingerprint density at radius 3 is 1.64 bits per heavy atom. The molecule has 350 valence electrons. The highest BCUT2D eigenvalue weighted by molar-refractivity contribution is 6.31. The molecule has 6 rings (SSSR count). The van der Waals surface area contributed by atoms with Gasteiger partial charge in [-0.2, -0.15) is 0 Å². The summed E-state index contributed by atoms with van der Waals surface area (Å²) in [6, 6.07) is 32.8. The Morgan fingerprint density at radius 2 is 1.13 bits per heavy atom. The van der Waals surface area contributed by atoms with Crippen molar-refractivity contribution in [1.82, 2.24) is 10.6 Å². The van der Waals surface area contributed by atoms with Gasteiger partial charge < -0.3 is 35.1 Å². The number of benzene rings is 6. The van der Waals surface area contributed by atoms with E-state index in [1.165, 1.54) is 45.2 Å². The van der Waals surface area contributed by atoms with E-state index in [2.05, 4.69) is 17.6 Å². The normalized spacial score (nSPS) is 10.9. The summed E-state index contributed by atoms with van der Waals surface area (Å²) in [6.45, 7) is 6.13. The van der Waals surface area contributed by atoms with Crippen LogP contribution in [0.5, 0.6) is 17.2 Å². The summed E-state index contributed by atoms with van der Waals surface area (Å²) < 4.78 is 44.5. The van der Waals surface area contributed by atoms with Crippen LogP contribution in [0.3, 0.4) is 0 Å². The van der Waals surface area contributed by atoms with Crippen molar-refractivity contribution < 1.29 is 52.4 Å². The minimum atomic E-state index is -1.54. The van der Waals surface area contributed by atoms with Gasteiger partial charge in [0, 0.05) is 23.1 Å². The number of carboxylic acid groups (broad SMARTS) is 2. The molecule has 0 aromatic heterocycles. The van der Waals surface area contributed by atoms with Gasteiger partial charge >= 0.3 is 11.9 Å². The molecule has 0 fully saturated rings. The van der Waals surface area contributed by atoms with Crippen LogP contribution >= 0.6 is 23.2 Å². The second kappa shape index (κ2) is 24.0. The van der Waals surface area contributed by atoms with Crippen LogP contribution in [0.25, 0.3) is 22.3 Å². The molecule has 0 unspecified atom stereocenters. The van der Waals surface area contributed by atoms with Crippen LogP contribution in [0.15, 0.2) is 121 Å². The van der Waals surface area contributed by atoms with Crippen molar-refractivity contribution in [3.8, 4) is 39.5 Å². The summed E-state index contributed by atoms with van der Waals surface area (Å²) in [5.41, 5.74) is 3.70. The zero-order chi connectivity index (χ0) is 48.7. The molecule has 15 heteroatoms. The Morgan fingerprint density at radius 1 is 0.627 bits per heavy atom. The maximum Gasteiger partial charge on any atom is 0.347 e. The summed E-state index contributed by atoms with van der Waals surface area (Å²) >= 11 is 12.0. The van der Waals surface area contributed by atoms with E-state index in [1.54, 1.807) is 54.6 Å². The largest absolute Gasteiger partial charge is 0.496 e. The first kappa shape index (κ1) is 51.0. The third-order valence-electron chi connectivity index (χ3n) is 10.3. The smallest absolute Gasteiger partial charge is 0.347 e. The van der Waals surface area contributed by atoms with Crippen LogP contribution in [0, 0.1) is 11.6 Å². The highest BCUT2D eigenvalue weighted by Crippen LogP contribution is 2.29. The van der Waals surface area contributed by atoms with Crippen LogP contribution in [-0.2, 0) is 17.6 Å². The molecule has 0 saturated heterocycles. The fourth-order valence-electron chi connectivity index (χ4n) is 6.51. The van der Waals surface area contributed by atoms with Crippen LogP contribution in [0.1, 0.15) is 75.8 Å². The molecule has 0 aliphatic rings. The lowest BCUT2D eigenvalue weighted by Crippen LogP contribution is -2.38. The van der Waals surface area contributed by atoms with E-state index in [0.29, 0.717) is 81.9 Å². The molecule has 0 spiro atoms. The number of ether oxygens (including phenoxy) is 3. The fourth-order valence-corrected chi connectivity index (χ4v) is 6.85. The molecule has 0 aliphatic carbocycles. The summed E-state index contributed by atoms with van der Waals surface area (Å²) in [4.78, 5) is 47.5. The second-order valence-corrected chi connectivity index (χ2v) is 16.6. The molecule has 0 saturated carbocycles. The van der Waals surface area contributed by atoms with Gasteiger partial charge in [0.15, 0.2) is 17.2 Å². The molecule has 6 aromatic carbocycles. The molecule has 0 atom stereocenters. The number of halogens is 4. The number of unbranched alkanes of at least 4 members (excludes halogenated alkanes) is 1. The maximum absolute atomic E-state index is 14.5. The number of amides is 2. The Balaban J connectivity index is 0.000000251. The van der Waals surface area contributed by atoms with Crippen molar-refractivity contribution >= 4 is 47.0 Å². The van der Waals surface area contributed by atoms with Crippen molar-refractivity contribution in [2.45, 2.75) is 52.1 Å². The fraction of sp³-hybridized carbons (Fsp3) is 0.231. The van der Waals surface area contributed by atoms with E-state index in [-0.39, 0.29) is 23.1 Å². The van der Waals surface area contributed by atoms with Crippen LogP contribution < -0.4 is 24.8 Å². The van der Waals surface area contributed by atoms with E-state index in [9.17, 15) is 28.0 Å². The number of aliphatic carboxylic acids is 1. The number of aromatic carboxylic acids is 1. The third kappa shape index (κ3) is 14.8. The topological polar surface area (TPSA) is 160 Å². The minimum absolute atomic E-state index is 0.101. The van der Waals surface area contributed by atoms with Gasteiger partial charge in [-0.05, 0) is 133 Å². The van der Waals surface area contributed by atoms with Gasteiger partial charge in [0.05, 0.1) is 30.4 Å². The van der Waals surface area contributed by atoms with E-state index in [1.807, 2.05) is 36.4 Å². The van der Waals surface area contributed by atoms with Crippen molar-refractivity contribution in [2.75, 3.05) is 26.8 Å². The van der Waals surface area contributed by atoms with Gasteiger partial charge in [0.1, 0.15) is 17.3 Å². The Labute approximate surface area is 397 Å². The monoisotopic (exact) mass is 954 g/mol. The third-order valence-corrected chi connectivity index (χ3v) is 10.7. The number of carbonyl (C=O) groups excluding carboxylic acids is 2. The number of hydrogen-bond acceptors (Lipinski definition) is 7. The molecule has 0 heterocycles. The zero-order valence-corrected chi connectivity index (χ0v) is 38.8. The summed E-state index contributed by atoms with van der Waals surface area (Å²) in [5, 5.41) is 24.9. The van der Waals surface area contributed by atoms with E-state index in [0.717, 1.165) is 35.6 Å². The van der Waals surface area contributed by atoms with Crippen LogP contribution in [-0.4, -0.2) is 66.4 Å². The van der Waals surface area contributed by atoms with Crippen molar-refractivity contribution in [3.05, 3.63) is 171 Å². The first-order valence-electron chi connectivity index (χ1n) is 21.2. The Kier molecular flexibility index (Phi) is 18.3. The standard InChI is InChI=1S/C26H25ClFNO5.C26H25ClFNO4/c1-26(2,25(31)32)34-23-10-8-18(14-21(23)28)17-6-4-16(5-7-17)12-13-29-24(30)20-15-19(27)9-11-22(20)33-3;1-2-3-12-33-24-9-8-21(27)16-23(24)25(30)29-11-10-17-4-6-18(7-5-17)19-13-20(26(31)32)15-22(28)14-19/h4-11,14-15H,12-13H2,1-3H3,(H,29,30)(H,31,32);4-9,13-16H,2-3,10-12H2,1H3,(H,29,30)(H,31,32). The molecule has 2 amide bonds. The van der Waals surface area contributed by atoms with Crippen molar-refractivity contribution in [2.24, 2.45) is 0 Å². The molecular weight excluding hydrogens is 905 g/mol. The molecule has 0 radical (unpaired) electrons. The predicted octanol–water partition coefficient (Wildman–Crippen LogP) is 11.4. The van der Waals surface area contributed by atoms with Crippen LogP contribution in [0.2, 0.25) is 10.0 Å². The summed E-state index contributed by atoms with van der Waals surface area (Å²) in [5.74, 6) is -3.32. The lowest BCUT2D eigenvalue weighted by Gasteiger charge is -2.22. The molecule has 4 N–H and O–H groups in total. The highest BCUT2D eigenvalue weighted by atomic mass is 35.5. The van der Waals surface area contributed by atoms with Gasteiger partial charge in [-0.3, -0.25) is 9.59 Å².